The van der Waals surface area contributed by atoms with E-state index in [1.54, 1.807) is 0 Å². The molecule has 0 aromatic carbocycles. The van der Waals surface area contributed by atoms with Crippen LogP contribution in [0.1, 0.15) is 303 Å². The lowest BCUT2D eigenvalue weighted by Crippen LogP contribution is -2.69. The van der Waals surface area contributed by atoms with Crippen LogP contribution >= 0.6 is 7.82 Å². The fraction of sp³-hybridized carbons (Fsp3) is 0.932. The summed E-state index contributed by atoms with van der Waals surface area (Å²) in [6.07, 6.45) is 14.1. The molecule has 0 bridgehead atoms. The van der Waals surface area contributed by atoms with E-state index in [1.807, 2.05) is 0 Å². The zero-order valence-electron chi connectivity index (χ0n) is 60.1. The van der Waals surface area contributed by atoms with Gasteiger partial charge in [0.25, 0.3) is 0 Å². The Kier molecular flexibility index (Phi) is 50.7. The Morgan fingerprint density at radius 3 is 1.11 bits per heavy atom. The van der Waals surface area contributed by atoms with E-state index in [2.05, 4.69) is 32.9 Å². The summed E-state index contributed by atoms with van der Waals surface area (Å²) in [4.78, 5) is 51.0. The van der Waals surface area contributed by atoms with E-state index >= 15 is 0 Å². The van der Waals surface area contributed by atoms with Gasteiger partial charge in [0, 0.05) is 19.3 Å². The molecule has 0 amide bonds. The van der Waals surface area contributed by atoms with Crippen LogP contribution in [0.25, 0.3) is 0 Å². The summed E-state index contributed by atoms with van der Waals surface area (Å²) in [5, 5.41) is 110. The molecule has 3 aliphatic rings. The minimum absolute atomic E-state index is 0.0326. The van der Waals surface area contributed by atoms with Crippen molar-refractivity contribution in [1.29, 1.82) is 0 Å². The molecule has 2 aliphatic heterocycles. The molecule has 2 heterocycles. The Morgan fingerprint density at radius 2 is 0.714 bits per heavy atom. The molecule has 11 N–H and O–H groups in total. The SMILES string of the molecule is CCCCCC/C=C\CCCCCCCCCC(=O)OC(COC(=O)CCCCCCCCCCCCCCC)COP(=O)(O)OC1C(OC2OC(CO)C(O)C(O)C2O)C(O)C(O)C(O)C1OC1OC(COC(=O)CCCCCCCCCCCCCCCCC)C(O)C(O)C1O. The van der Waals surface area contributed by atoms with E-state index in [-0.39, 0.29) is 19.3 Å². The number of unbranched alkanes of at least 4 members (excludes halogenated alkanes) is 37. The quantitative estimate of drug-likeness (QED) is 0.00886. The monoisotopic (exact) mass is 1430 g/mol. The summed E-state index contributed by atoms with van der Waals surface area (Å²) < 4.78 is 65.1. The summed E-state index contributed by atoms with van der Waals surface area (Å²) in [7, 11) is -5.69. The number of allylic oxidation sites excluding steroid dienone is 2. The lowest BCUT2D eigenvalue weighted by molar-refractivity contribution is -0.360. The first-order valence-corrected chi connectivity index (χ1v) is 40.0. The van der Waals surface area contributed by atoms with Crippen LogP contribution in [0.3, 0.4) is 0 Å². The maximum Gasteiger partial charge on any atom is 0.472 e. The first-order valence-electron chi connectivity index (χ1n) is 38.5. The van der Waals surface area contributed by atoms with Gasteiger partial charge in [-0.3, -0.25) is 23.4 Å². The molecule has 98 heavy (non-hydrogen) atoms. The number of rotatable bonds is 60. The van der Waals surface area contributed by atoms with Gasteiger partial charge < -0.3 is 89.1 Å². The van der Waals surface area contributed by atoms with Crippen LogP contribution in [0.2, 0.25) is 0 Å². The van der Waals surface area contributed by atoms with E-state index in [0.717, 1.165) is 116 Å². The number of aliphatic hydroxyl groups is 10. The Morgan fingerprint density at radius 1 is 0.388 bits per heavy atom. The van der Waals surface area contributed by atoms with Crippen LogP contribution in [0.15, 0.2) is 12.2 Å². The van der Waals surface area contributed by atoms with Crippen LogP contribution in [0.5, 0.6) is 0 Å². The lowest BCUT2D eigenvalue weighted by atomic mass is 9.84. The van der Waals surface area contributed by atoms with Crippen molar-refractivity contribution in [2.75, 3.05) is 26.4 Å². The first-order chi connectivity index (χ1) is 47.3. The van der Waals surface area contributed by atoms with Crippen molar-refractivity contribution in [2.45, 2.75) is 407 Å². The van der Waals surface area contributed by atoms with E-state index < -0.39 is 156 Å². The molecule has 3 fully saturated rings. The number of carbonyl (C=O) groups excluding carboxylic acids is 3. The standard InChI is InChI=1S/C73H135O24P/c1-4-7-10-13-16-19-22-25-27-30-33-36-39-42-45-48-58(76)90-53-56-61(79)63(81)68(86)73(94-56)96-70-66(84)64(82)65(83)69(95-72-67(85)62(80)60(78)55(50-74)93-72)71(70)97-98(87,88)91-52-54(51-89-57(75)47-44-41-38-35-32-29-24-21-18-15-12-9-6-3)92-59(77)49-46-43-40-37-34-31-28-26-23-20-17-14-11-8-5-2/h20,23,54-56,60-74,78-86H,4-19,21-22,24-53H2,1-3H3,(H,87,88)/b23-20-. The van der Waals surface area contributed by atoms with Gasteiger partial charge in [-0.1, -0.05) is 251 Å². The third-order valence-corrected chi connectivity index (χ3v) is 20.0. The summed E-state index contributed by atoms with van der Waals surface area (Å²) in [6.45, 7) is 3.45. The number of carbonyl (C=O) groups is 3. The number of hydrogen-bond acceptors (Lipinski definition) is 23. The highest BCUT2D eigenvalue weighted by molar-refractivity contribution is 7.47. The molecule has 18 atom stereocenters. The highest BCUT2D eigenvalue weighted by Gasteiger charge is 2.58. The number of ether oxygens (including phenoxy) is 7. The molecule has 1 saturated carbocycles. The van der Waals surface area contributed by atoms with Gasteiger partial charge in [0.05, 0.1) is 13.2 Å². The van der Waals surface area contributed by atoms with Gasteiger partial charge in [0.2, 0.25) is 0 Å². The predicted octanol–water partition coefficient (Wildman–Crippen LogP) is 10.7. The summed E-state index contributed by atoms with van der Waals surface area (Å²) in [6, 6.07) is 0. The largest absolute Gasteiger partial charge is 0.472 e. The Balaban J connectivity index is 1.72. The molecule has 25 heteroatoms. The molecule has 2 saturated heterocycles. The molecular formula is C73H135O24P. The molecule has 0 radical (unpaired) electrons. The predicted molar refractivity (Wildman–Crippen MR) is 370 cm³/mol. The van der Waals surface area contributed by atoms with Crippen LogP contribution in [-0.4, -0.2) is 204 Å². The van der Waals surface area contributed by atoms with Gasteiger partial charge in [0.1, 0.15) is 98.7 Å². The van der Waals surface area contributed by atoms with Crippen LogP contribution < -0.4 is 0 Å². The Labute approximate surface area is 586 Å². The molecule has 24 nitrogen and oxygen atoms in total. The van der Waals surface area contributed by atoms with Crippen LogP contribution in [-0.2, 0) is 61.2 Å². The van der Waals surface area contributed by atoms with Gasteiger partial charge in [-0.15, -0.1) is 0 Å². The van der Waals surface area contributed by atoms with Crippen molar-refractivity contribution in [3.8, 4) is 0 Å². The second-order valence-electron chi connectivity index (χ2n) is 27.7. The maximum atomic E-state index is 14.3. The first kappa shape index (κ1) is 89.9. The van der Waals surface area contributed by atoms with Crippen molar-refractivity contribution >= 4 is 25.7 Å². The average Bonchev–Trinajstić information content (AvgIpc) is 0.762. The van der Waals surface area contributed by atoms with Crippen molar-refractivity contribution in [1.82, 2.24) is 0 Å². The zero-order chi connectivity index (χ0) is 71.8. The molecule has 3 rings (SSSR count). The van der Waals surface area contributed by atoms with Gasteiger partial charge in [-0.05, 0) is 44.9 Å². The van der Waals surface area contributed by atoms with Crippen molar-refractivity contribution in [3.05, 3.63) is 12.2 Å². The summed E-state index contributed by atoms with van der Waals surface area (Å²) >= 11 is 0. The number of phosphoric acid groups is 1. The third-order valence-electron chi connectivity index (χ3n) is 19.0. The maximum absolute atomic E-state index is 14.3. The Hall–Kier alpha value is -2.30. The van der Waals surface area contributed by atoms with E-state index in [1.165, 1.54) is 128 Å². The molecule has 0 spiro atoms. The minimum atomic E-state index is -5.69. The molecule has 0 aromatic rings. The van der Waals surface area contributed by atoms with Gasteiger partial charge in [-0.2, -0.15) is 0 Å². The lowest BCUT2D eigenvalue weighted by Gasteiger charge is -2.49. The average molecular weight is 1430 g/mol. The van der Waals surface area contributed by atoms with E-state index in [9.17, 15) is 74.9 Å². The van der Waals surface area contributed by atoms with E-state index in [0.29, 0.717) is 19.3 Å². The highest BCUT2D eigenvalue weighted by atomic mass is 31.2. The topological polar surface area (TPSA) is 374 Å². The van der Waals surface area contributed by atoms with Crippen LogP contribution in [0, 0.1) is 0 Å². The third kappa shape index (κ3) is 37.9. The van der Waals surface area contributed by atoms with Gasteiger partial charge >= 0.3 is 25.7 Å². The summed E-state index contributed by atoms with van der Waals surface area (Å²) in [5.41, 5.74) is 0. The second-order valence-corrected chi connectivity index (χ2v) is 29.1. The highest BCUT2D eigenvalue weighted by Crippen LogP contribution is 2.49. The van der Waals surface area contributed by atoms with Crippen molar-refractivity contribution < 1.29 is 117 Å². The van der Waals surface area contributed by atoms with Crippen molar-refractivity contribution in [3.63, 3.8) is 0 Å². The molecule has 576 valence electrons. The molecule has 1 aliphatic carbocycles. The fourth-order valence-corrected chi connectivity index (χ4v) is 13.7. The molecular weight excluding hydrogens is 1290 g/mol. The number of aliphatic hydroxyl groups excluding tert-OH is 10. The zero-order valence-corrected chi connectivity index (χ0v) is 61.0. The van der Waals surface area contributed by atoms with E-state index in [4.69, 9.17) is 42.2 Å². The minimum Gasteiger partial charge on any atom is -0.463 e. The summed E-state index contributed by atoms with van der Waals surface area (Å²) in [5.74, 6) is -1.98. The number of hydrogen-bond donors (Lipinski definition) is 11. The Bertz CT molecular complexity index is 2080. The number of esters is 3. The second kappa shape index (κ2) is 55.2. The van der Waals surface area contributed by atoms with Crippen molar-refractivity contribution in [2.24, 2.45) is 0 Å². The smallest absolute Gasteiger partial charge is 0.463 e. The van der Waals surface area contributed by atoms with Gasteiger partial charge in [-0.25, -0.2) is 4.57 Å². The molecule has 18 unspecified atom stereocenters. The fourth-order valence-electron chi connectivity index (χ4n) is 12.8. The molecule has 0 aromatic heterocycles. The number of phosphoric ester groups is 1. The van der Waals surface area contributed by atoms with Gasteiger partial charge in [0.15, 0.2) is 18.7 Å². The normalized spacial score (nSPS) is 27.7. The van der Waals surface area contributed by atoms with Crippen LogP contribution in [0.4, 0.5) is 0 Å².